The lowest BCUT2D eigenvalue weighted by Crippen LogP contribution is -2.47. The van der Waals surface area contributed by atoms with E-state index >= 15 is 0 Å². The van der Waals surface area contributed by atoms with Gasteiger partial charge >= 0.3 is 0 Å². The van der Waals surface area contributed by atoms with Crippen LogP contribution in [0.3, 0.4) is 0 Å². The Balaban J connectivity index is 1.22. The molecule has 0 saturated carbocycles. The molecule has 2 saturated heterocycles. The fraction of sp³-hybridized carbons (Fsp3) is 0.500. The van der Waals surface area contributed by atoms with Crippen molar-refractivity contribution >= 4 is 17.4 Å². The number of rotatable bonds is 2. The number of hydrogen-bond donors (Lipinski definition) is 1. The van der Waals surface area contributed by atoms with Crippen LogP contribution in [-0.2, 0) is 22.6 Å². The van der Waals surface area contributed by atoms with Crippen molar-refractivity contribution in [2.45, 2.75) is 38.8 Å². The molecule has 2 aromatic heterocycles. The van der Waals surface area contributed by atoms with Crippen LogP contribution in [0, 0.1) is 5.92 Å². The molecule has 2 fully saturated rings. The number of Topliss-reactive ketones (excluding diaryl/α,β-unsaturated/α-hetero) is 1. The molecule has 0 aliphatic carbocycles. The zero-order valence-electron chi connectivity index (χ0n) is 23.9. The van der Waals surface area contributed by atoms with Gasteiger partial charge in [0.15, 0.2) is 0 Å². The Kier molecular flexibility index (Phi) is 9.27. The number of pyridine rings is 1. The molecular weight excluding hydrogens is 514 g/mol. The van der Waals surface area contributed by atoms with E-state index in [1.54, 1.807) is 6.20 Å². The van der Waals surface area contributed by atoms with E-state index in [1.165, 1.54) is 5.56 Å². The minimum absolute atomic E-state index is 0.354. The average molecular weight is 556 g/mol. The monoisotopic (exact) mass is 555 g/mol. The van der Waals surface area contributed by atoms with Crippen molar-refractivity contribution in [3.63, 3.8) is 0 Å². The van der Waals surface area contributed by atoms with Gasteiger partial charge in [0.1, 0.15) is 5.78 Å². The van der Waals surface area contributed by atoms with Gasteiger partial charge < -0.3 is 10.1 Å². The highest BCUT2D eigenvalue weighted by Gasteiger charge is 2.21. The summed E-state index contributed by atoms with van der Waals surface area (Å²) in [6.07, 6.45) is 7.41. The standard InChI is InChI=1S/C32H41N7O2/c40-30-5-2-12-39(21-25-9-17-41-18-10-25)23-29-7-6-27(20-34-29)31-8-11-33-32(36-31)35-28-4-1-3-26(19-28)22-37-13-15-38(24-30)16-14-37/h1,3-4,6-8,11,19-20,25H,2,5,9-10,12-18,21-24H2,(H,33,35,36). The van der Waals surface area contributed by atoms with Crippen LogP contribution in [0.5, 0.6) is 0 Å². The fourth-order valence-corrected chi connectivity index (χ4v) is 6.08. The number of ketones is 1. The molecule has 9 rings (SSSR count). The van der Waals surface area contributed by atoms with E-state index in [9.17, 15) is 4.79 Å². The second-order valence-corrected chi connectivity index (χ2v) is 11.6. The Morgan fingerprint density at radius 2 is 1.73 bits per heavy atom. The first-order valence-electron chi connectivity index (χ1n) is 15.1. The largest absolute Gasteiger partial charge is 0.381 e. The molecule has 0 atom stereocenters. The topological polar surface area (TPSA) is 86.7 Å². The number of benzene rings is 1. The number of nitrogens with one attached hydrogen (secondary N) is 1. The fourth-order valence-electron chi connectivity index (χ4n) is 6.08. The molecule has 1 aromatic carbocycles. The van der Waals surface area contributed by atoms with E-state index in [4.69, 9.17) is 14.7 Å². The van der Waals surface area contributed by atoms with Crippen LogP contribution < -0.4 is 5.32 Å². The number of carbonyl (C=O) groups excluding carboxylic acids is 1. The number of carbonyl (C=O) groups is 1. The number of piperazine rings is 1. The van der Waals surface area contributed by atoms with Crippen molar-refractivity contribution in [1.82, 2.24) is 29.7 Å². The summed E-state index contributed by atoms with van der Waals surface area (Å²) in [6, 6.07) is 14.6. The number of aromatic nitrogens is 3. The SMILES string of the molecule is O=C1CCCN(CC2CCOCC2)Cc2ccc(cn2)-c2ccnc(n2)Nc2cccc(c2)CN2CCN(CC2)C1. The first-order chi connectivity index (χ1) is 20.2. The molecular formula is C32H41N7O2. The lowest BCUT2D eigenvalue weighted by molar-refractivity contribution is -0.120. The Morgan fingerprint density at radius 3 is 2.54 bits per heavy atom. The smallest absolute Gasteiger partial charge is 0.227 e. The second kappa shape index (κ2) is 13.6. The molecule has 8 bridgehead atoms. The van der Waals surface area contributed by atoms with Crippen molar-refractivity contribution in [2.24, 2.45) is 5.92 Å². The van der Waals surface area contributed by atoms with Crippen LogP contribution in [0.15, 0.2) is 54.9 Å². The van der Waals surface area contributed by atoms with Gasteiger partial charge in [-0.25, -0.2) is 9.97 Å². The van der Waals surface area contributed by atoms with E-state index in [1.807, 2.05) is 18.3 Å². The minimum Gasteiger partial charge on any atom is -0.381 e. The predicted octanol–water partition coefficient (Wildman–Crippen LogP) is 3.99. The van der Waals surface area contributed by atoms with E-state index < -0.39 is 0 Å². The van der Waals surface area contributed by atoms with Gasteiger partial charge in [0, 0.05) is 89.1 Å². The minimum atomic E-state index is 0.354. The number of anilines is 2. The summed E-state index contributed by atoms with van der Waals surface area (Å²) < 4.78 is 5.59. The van der Waals surface area contributed by atoms with Gasteiger partial charge in [-0.2, -0.15) is 0 Å². The van der Waals surface area contributed by atoms with Gasteiger partial charge in [-0.05, 0) is 67.6 Å². The summed E-state index contributed by atoms with van der Waals surface area (Å²) in [6.45, 7) is 9.65. The third-order valence-corrected chi connectivity index (χ3v) is 8.40. The molecule has 3 aromatic rings. The molecule has 8 heterocycles. The van der Waals surface area contributed by atoms with Crippen molar-refractivity contribution < 1.29 is 9.53 Å². The first-order valence-corrected chi connectivity index (χ1v) is 15.1. The molecule has 0 unspecified atom stereocenters. The molecule has 9 heteroatoms. The second-order valence-electron chi connectivity index (χ2n) is 11.6. The maximum absolute atomic E-state index is 12.9. The van der Waals surface area contributed by atoms with Crippen LogP contribution in [0.2, 0.25) is 0 Å². The van der Waals surface area contributed by atoms with Crippen LogP contribution in [0.25, 0.3) is 11.3 Å². The summed E-state index contributed by atoms with van der Waals surface area (Å²) in [4.78, 5) is 34.3. The van der Waals surface area contributed by atoms with Crippen LogP contribution in [-0.4, -0.2) is 94.5 Å². The molecule has 41 heavy (non-hydrogen) atoms. The molecule has 9 nitrogen and oxygen atoms in total. The third kappa shape index (κ3) is 7.95. The summed E-state index contributed by atoms with van der Waals surface area (Å²) in [5, 5.41) is 3.39. The van der Waals surface area contributed by atoms with Crippen molar-refractivity contribution in [3.05, 3.63) is 66.1 Å². The molecule has 1 N–H and O–H groups in total. The number of hydrogen-bond acceptors (Lipinski definition) is 9. The molecule has 6 aliphatic rings. The van der Waals surface area contributed by atoms with E-state index in [0.717, 1.165) is 107 Å². The van der Waals surface area contributed by atoms with Gasteiger partial charge in [-0.15, -0.1) is 0 Å². The summed E-state index contributed by atoms with van der Waals surface area (Å²) in [7, 11) is 0. The Morgan fingerprint density at radius 1 is 0.902 bits per heavy atom. The van der Waals surface area contributed by atoms with Crippen LogP contribution in [0.1, 0.15) is 36.9 Å². The number of ether oxygens (including phenoxy) is 1. The van der Waals surface area contributed by atoms with Gasteiger partial charge in [0.05, 0.1) is 17.9 Å². The highest BCUT2D eigenvalue weighted by molar-refractivity contribution is 5.80. The average Bonchev–Trinajstić information content (AvgIpc) is 2.99. The molecule has 0 amide bonds. The first kappa shape index (κ1) is 27.9. The molecule has 0 spiro atoms. The lowest BCUT2D eigenvalue weighted by Gasteiger charge is -2.34. The molecule has 0 radical (unpaired) electrons. The summed E-state index contributed by atoms with van der Waals surface area (Å²) in [5.41, 5.74) is 5.06. The Bertz CT molecular complexity index is 1290. The zero-order chi connectivity index (χ0) is 27.9. The zero-order valence-corrected chi connectivity index (χ0v) is 23.9. The summed E-state index contributed by atoms with van der Waals surface area (Å²) >= 11 is 0. The normalized spacial score (nSPS) is 23.3. The van der Waals surface area contributed by atoms with E-state index in [2.05, 4.69) is 55.3 Å². The van der Waals surface area contributed by atoms with E-state index in [-0.39, 0.29) is 0 Å². The quantitative estimate of drug-likeness (QED) is 0.504. The maximum atomic E-state index is 12.9. The van der Waals surface area contributed by atoms with Gasteiger partial charge in [0.25, 0.3) is 0 Å². The van der Waals surface area contributed by atoms with Crippen LogP contribution >= 0.6 is 0 Å². The number of nitrogens with zero attached hydrogens (tertiary/aromatic N) is 6. The molecule has 6 aliphatic heterocycles. The lowest BCUT2D eigenvalue weighted by atomic mass is 9.99. The maximum Gasteiger partial charge on any atom is 0.227 e. The molecule has 216 valence electrons. The van der Waals surface area contributed by atoms with Crippen LogP contribution in [0.4, 0.5) is 11.6 Å². The van der Waals surface area contributed by atoms with Crippen molar-refractivity contribution in [3.8, 4) is 11.3 Å². The van der Waals surface area contributed by atoms with Gasteiger partial charge in [-0.1, -0.05) is 12.1 Å². The third-order valence-electron chi connectivity index (χ3n) is 8.40. The summed E-state index contributed by atoms with van der Waals surface area (Å²) in [5.74, 6) is 1.56. The van der Waals surface area contributed by atoms with Crippen molar-refractivity contribution in [2.75, 3.05) is 64.3 Å². The Labute approximate surface area is 242 Å². The van der Waals surface area contributed by atoms with Gasteiger partial charge in [-0.3, -0.25) is 24.5 Å². The Hall–Kier alpha value is -3.24. The van der Waals surface area contributed by atoms with E-state index in [0.29, 0.717) is 30.6 Å². The predicted molar refractivity (Wildman–Crippen MR) is 160 cm³/mol. The van der Waals surface area contributed by atoms with Crippen molar-refractivity contribution in [1.29, 1.82) is 0 Å². The van der Waals surface area contributed by atoms with Gasteiger partial charge in [0.2, 0.25) is 5.95 Å². The highest BCUT2D eigenvalue weighted by Crippen LogP contribution is 2.22. The highest BCUT2D eigenvalue weighted by atomic mass is 16.5.